The Balaban J connectivity index is 2.20. The Bertz CT molecular complexity index is 365. The van der Waals surface area contributed by atoms with Gasteiger partial charge in [-0.25, -0.2) is 0 Å². The molecule has 1 aromatic rings. The molecule has 0 spiro atoms. The van der Waals surface area contributed by atoms with Crippen LogP contribution in [0.4, 0.5) is 0 Å². The van der Waals surface area contributed by atoms with Crippen molar-refractivity contribution >= 4 is 18.5 Å². The van der Waals surface area contributed by atoms with Gasteiger partial charge in [-0.3, -0.25) is 4.79 Å². The molecule has 0 saturated carbocycles. The fourth-order valence-corrected chi connectivity index (χ4v) is 2.66. The molecule has 1 aromatic carbocycles. The van der Waals surface area contributed by atoms with Crippen LogP contribution in [-0.4, -0.2) is 22.6 Å². The number of hydrogen-bond donors (Lipinski definition) is 1. The SMILES string of the molecule is CCC(c1ccccc1)N1CC(S)CC1=O. The molecule has 0 N–H and O–H groups in total. The molecule has 2 nitrogen and oxygen atoms in total. The summed E-state index contributed by atoms with van der Waals surface area (Å²) in [5, 5.41) is 0.199. The summed E-state index contributed by atoms with van der Waals surface area (Å²) in [4.78, 5) is 13.8. The van der Waals surface area contributed by atoms with Crippen molar-refractivity contribution in [1.29, 1.82) is 0 Å². The first-order chi connectivity index (χ1) is 7.72. The predicted octanol–water partition coefficient (Wildman–Crippen LogP) is 2.67. The van der Waals surface area contributed by atoms with Crippen molar-refractivity contribution in [2.45, 2.75) is 31.1 Å². The lowest BCUT2D eigenvalue weighted by molar-refractivity contribution is -0.129. The van der Waals surface area contributed by atoms with E-state index in [2.05, 4.69) is 31.7 Å². The van der Waals surface area contributed by atoms with Crippen LogP contribution in [0.2, 0.25) is 0 Å². The van der Waals surface area contributed by atoms with Gasteiger partial charge in [0, 0.05) is 18.2 Å². The molecule has 1 heterocycles. The Morgan fingerprint density at radius 2 is 2.12 bits per heavy atom. The highest BCUT2D eigenvalue weighted by atomic mass is 32.1. The number of carbonyl (C=O) groups excluding carboxylic acids is 1. The van der Waals surface area contributed by atoms with Crippen molar-refractivity contribution in [2.75, 3.05) is 6.54 Å². The fraction of sp³-hybridized carbons (Fsp3) is 0.462. The minimum Gasteiger partial charge on any atom is -0.335 e. The molecular formula is C13H17NOS. The third kappa shape index (κ3) is 2.24. The number of benzene rings is 1. The topological polar surface area (TPSA) is 20.3 Å². The Morgan fingerprint density at radius 1 is 1.44 bits per heavy atom. The molecule has 0 aromatic heterocycles. The van der Waals surface area contributed by atoms with Gasteiger partial charge in [-0.05, 0) is 12.0 Å². The molecule has 2 unspecified atom stereocenters. The van der Waals surface area contributed by atoms with Crippen LogP contribution in [0, 0.1) is 0 Å². The van der Waals surface area contributed by atoms with Crippen LogP contribution in [0.25, 0.3) is 0 Å². The predicted molar refractivity (Wildman–Crippen MR) is 68.6 cm³/mol. The lowest BCUT2D eigenvalue weighted by Gasteiger charge is -2.27. The van der Waals surface area contributed by atoms with Gasteiger partial charge in [-0.15, -0.1) is 0 Å². The van der Waals surface area contributed by atoms with Crippen molar-refractivity contribution in [3.63, 3.8) is 0 Å². The van der Waals surface area contributed by atoms with E-state index < -0.39 is 0 Å². The molecule has 0 radical (unpaired) electrons. The van der Waals surface area contributed by atoms with E-state index in [9.17, 15) is 4.79 Å². The van der Waals surface area contributed by atoms with Crippen LogP contribution < -0.4 is 0 Å². The molecule has 1 saturated heterocycles. The molecule has 3 heteroatoms. The fourth-order valence-electron chi connectivity index (χ4n) is 2.32. The summed E-state index contributed by atoms with van der Waals surface area (Å²) in [6, 6.07) is 10.4. The van der Waals surface area contributed by atoms with E-state index in [1.165, 1.54) is 5.56 Å². The van der Waals surface area contributed by atoms with Crippen molar-refractivity contribution in [1.82, 2.24) is 4.90 Å². The van der Waals surface area contributed by atoms with E-state index in [0.29, 0.717) is 6.42 Å². The summed E-state index contributed by atoms with van der Waals surface area (Å²) >= 11 is 4.39. The second-order valence-corrected chi connectivity index (χ2v) is 4.97. The zero-order chi connectivity index (χ0) is 11.5. The minimum atomic E-state index is 0.199. The summed E-state index contributed by atoms with van der Waals surface area (Å²) < 4.78 is 0. The molecule has 2 rings (SSSR count). The molecule has 0 bridgehead atoms. The van der Waals surface area contributed by atoms with E-state index in [4.69, 9.17) is 0 Å². The van der Waals surface area contributed by atoms with Crippen LogP contribution >= 0.6 is 12.6 Å². The third-order valence-electron chi connectivity index (χ3n) is 3.09. The Morgan fingerprint density at radius 3 is 2.62 bits per heavy atom. The largest absolute Gasteiger partial charge is 0.335 e. The van der Waals surface area contributed by atoms with Gasteiger partial charge in [-0.2, -0.15) is 12.6 Å². The quantitative estimate of drug-likeness (QED) is 0.799. The van der Waals surface area contributed by atoms with E-state index in [1.807, 2.05) is 23.1 Å². The van der Waals surface area contributed by atoms with Crippen LogP contribution in [-0.2, 0) is 4.79 Å². The number of amides is 1. The summed E-state index contributed by atoms with van der Waals surface area (Å²) in [6.45, 7) is 2.89. The first-order valence-electron chi connectivity index (χ1n) is 5.75. The molecule has 86 valence electrons. The highest BCUT2D eigenvalue weighted by molar-refractivity contribution is 7.81. The molecule has 16 heavy (non-hydrogen) atoms. The summed E-state index contributed by atoms with van der Waals surface area (Å²) in [6.07, 6.45) is 1.53. The molecule has 1 aliphatic rings. The summed E-state index contributed by atoms with van der Waals surface area (Å²) in [5.41, 5.74) is 1.22. The first-order valence-corrected chi connectivity index (χ1v) is 6.26. The average molecular weight is 235 g/mol. The van der Waals surface area contributed by atoms with Crippen molar-refractivity contribution < 1.29 is 4.79 Å². The van der Waals surface area contributed by atoms with Crippen LogP contribution in [0.15, 0.2) is 30.3 Å². The average Bonchev–Trinajstić information content (AvgIpc) is 2.61. The van der Waals surface area contributed by atoms with Gasteiger partial charge in [0.15, 0.2) is 0 Å². The van der Waals surface area contributed by atoms with Gasteiger partial charge in [0.2, 0.25) is 5.91 Å². The number of nitrogens with zero attached hydrogens (tertiary/aromatic N) is 1. The normalized spacial score (nSPS) is 22.5. The van der Waals surface area contributed by atoms with Gasteiger partial charge in [0.25, 0.3) is 0 Å². The first kappa shape index (κ1) is 11.5. The molecule has 1 amide bonds. The molecule has 0 aliphatic carbocycles. The third-order valence-corrected chi connectivity index (χ3v) is 3.43. The second-order valence-electron chi connectivity index (χ2n) is 4.24. The Kier molecular flexibility index (Phi) is 3.54. The van der Waals surface area contributed by atoms with Crippen LogP contribution in [0.3, 0.4) is 0 Å². The monoisotopic (exact) mass is 235 g/mol. The summed E-state index contributed by atoms with van der Waals surface area (Å²) in [7, 11) is 0. The van der Waals surface area contributed by atoms with Crippen molar-refractivity contribution in [2.24, 2.45) is 0 Å². The molecule has 1 fully saturated rings. The lowest BCUT2D eigenvalue weighted by atomic mass is 10.0. The van der Waals surface area contributed by atoms with Gasteiger partial charge in [0.1, 0.15) is 0 Å². The number of likely N-dealkylation sites (tertiary alicyclic amines) is 1. The number of thiol groups is 1. The maximum atomic E-state index is 11.8. The van der Waals surface area contributed by atoms with Gasteiger partial charge in [-0.1, -0.05) is 37.3 Å². The Hall–Kier alpha value is -0.960. The van der Waals surface area contributed by atoms with Gasteiger partial charge >= 0.3 is 0 Å². The zero-order valence-corrected chi connectivity index (χ0v) is 10.4. The summed E-state index contributed by atoms with van der Waals surface area (Å²) in [5.74, 6) is 0.232. The van der Waals surface area contributed by atoms with E-state index >= 15 is 0 Å². The lowest BCUT2D eigenvalue weighted by Crippen LogP contribution is -2.30. The number of carbonyl (C=O) groups is 1. The van der Waals surface area contributed by atoms with E-state index in [-0.39, 0.29) is 17.2 Å². The minimum absolute atomic E-state index is 0.199. The number of rotatable bonds is 3. The van der Waals surface area contributed by atoms with Gasteiger partial charge in [0.05, 0.1) is 6.04 Å². The molecular weight excluding hydrogens is 218 g/mol. The molecule has 2 atom stereocenters. The van der Waals surface area contributed by atoms with Crippen molar-refractivity contribution in [3.8, 4) is 0 Å². The highest BCUT2D eigenvalue weighted by Gasteiger charge is 2.32. The van der Waals surface area contributed by atoms with E-state index in [1.54, 1.807) is 0 Å². The Labute approximate surface area is 102 Å². The molecule has 1 aliphatic heterocycles. The van der Waals surface area contributed by atoms with E-state index in [0.717, 1.165) is 13.0 Å². The highest BCUT2D eigenvalue weighted by Crippen LogP contribution is 2.29. The smallest absolute Gasteiger partial charge is 0.224 e. The maximum absolute atomic E-state index is 11.8. The van der Waals surface area contributed by atoms with Gasteiger partial charge < -0.3 is 4.90 Å². The second kappa shape index (κ2) is 4.91. The van der Waals surface area contributed by atoms with Crippen LogP contribution in [0.1, 0.15) is 31.4 Å². The standard InChI is InChI=1S/C13H17NOS/c1-2-12(10-6-4-3-5-7-10)14-9-11(16)8-13(14)15/h3-7,11-12,16H,2,8-9H2,1H3. The maximum Gasteiger partial charge on any atom is 0.224 e. The van der Waals surface area contributed by atoms with Crippen molar-refractivity contribution in [3.05, 3.63) is 35.9 Å². The zero-order valence-electron chi connectivity index (χ0n) is 9.47. The number of hydrogen-bond acceptors (Lipinski definition) is 2. The van der Waals surface area contributed by atoms with Crippen LogP contribution in [0.5, 0.6) is 0 Å².